The molecule has 0 atom stereocenters. The average molecular weight is 249 g/mol. The molecule has 0 radical (unpaired) electrons. The van der Waals surface area contributed by atoms with Crippen LogP contribution in [0.3, 0.4) is 0 Å². The van der Waals surface area contributed by atoms with Gasteiger partial charge >= 0.3 is 11.7 Å². The number of nitrogens with zero attached hydrogens (tertiary/aromatic N) is 3. The number of carboxylic acids is 1. The molecule has 18 heavy (non-hydrogen) atoms. The summed E-state index contributed by atoms with van der Waals surface area (Å²) >= 11 is 0. The van der Waals surface area contributed by atoms with Gasteiger partial charge in [-0.1, -0.05) is 6.08 Å². The molecule has 0 amide bonds. The van der Waals surface area contributed by atoms with Crippen molar-refractivity contribution in [3.05, 3.63) is 40.1 Å². The second-order valence-corrected chi connectivity index (χ2v) is 3.83. The smallest absolute Gasteiger partial charge is 0.331 e. The molecule has 1 aliphatic heterocycles. The van der Waals surface area contributed by atoms with E-state index >= 15 is 0 Å². The first-order valence-electron chi connectivity index (χ1n) is 5.36. The van der Waals surface area contributed by atoms with Crippen LogP contribution in [0.5, 0.6) is 0 Å². The van der Waals surface area contributed by atoms with Crippen LogP contribution < -0.4 is 4.90 Å². The summed E-state index contributed by atoms with van der Waals surface area (Å²) in [6.07, 6.45) is 3.39. The molecule has 1 N–H and O–H groups in total. The molecule has 2 rings (SSSR count). The number of carbonyl (C=O) groups is 1. The van der Waals surface area contributed by atoms with E-state index in [0.717, 1.165) is 0 Å². The summed E-state index contributed by atoms with van der Waals surface area (Å²) in [6, 6.07) is 2.89. The summed E-state index contributed by atoms with van der Waals surface area (Å²) in [5.41, 5.74) is 0.273. The Morgan fingerprint density at radius 3 is 2.89 bits per heavy atom. The van der Waals surface area contributed by atoms with Crippen LogP contribution in [-0.4, -0.2) is 34.1 Å². The number of anilines is 1. The van der Waals surface area contributed by atoms with Crippen molar-refractivity contribution in [3.63, 3.8) is 0 Å². The fourth-order valence-electron chi connectivity index (χ4n) is 1.83. The summed E-state index contributed by atoms with van der Waals surface area (Å²) in [4.78, 5) is 26.8. The van der Waals surface area contributed by atoms with Crippen molar-refractivity contribution in [1.82, 2.24) is 4.98 Å². The van der Waals surface area contributed by atoms with Gasteiger partial charge in [-0.3, -0.25) is 10.1 Å². The zero-order chi connectivity index (χ0) is 13.1. The van der Waals surface area contributed by atoms with E-state index in [1.165, 1.54) is 18.3 Å². The Hall–Kier alpha value is -2.44. The molecule has 0 spiro atoms. The van der Waals surface area contributed by atoms with E-state index in [2.05, 4.69) is 4.98 Å². The summed E-state index contributed by atoms with van der Waals surface area (Å²) in [6.45, 7) is 0.732. The van der Waals surface area contributed by atoms with Crippen LogP contribution in [0.15, 0.2) is 30.0 Å². The molecule has 0 saturated carbocycles. The summed E-state index contributed by atoms with van der Waals surface area (Å²) in [5, 5.41) is 19.7. The largest absolute Gasteiger partial charge is 0.478 e. The van der Waals surface area contributed by atoms with E-state index < -0.39 is 10.9 Å². The van der Waals surface area contributed by atoms with E-state index in [0.29, 0.717) is 25.1 Å². The molecular weight excluding hydrogens is 238 g/mol. The van der Waals surface area contributed by atoms with E-state index in [1.54, 1.807) is 11.0 Å². The molecule has 1 aromatic rings. The van der Waals surface area contributed by atoms with Crippen LogP contribution in [0.1, 0.15) is 6.42 Å². The zero-order valence-electron chi connectivity index (χ0n) is 9.44. The molecule has 1 aliphatic rings. The number of carboxylic acid groups (broad SMARTS) is 1. The molecular formula is C11H11N3O4. The molecule has 0 aromatic carbocycles. The standard InChI is InChI=1S/C11H11N3O4/c15-11(16)8-3-6-13(7-4-8)10-9(14(17)18)2-1-5-12-10/h1-3,5H,4,6-7H2,(H,15,16). The molecule has 7 nitrogen and oxygen atoms in total. The van der Waals surface area contributed by atoms with Crippen LogP contribution in [-0.2, 0) is 4.79 Å². The van der Waals surface area contributed by atoms with Gasteiger partial charge < -0.3 is 10.0 Å². The van der Waals surface area contributed by atoms with Gasteiger partial charge in [-0.15, -0.1) is 0 Å². The minimum absolute atomic E-state index is 0.0651. The predicted octanol–water partition coefficient (Wildman–Crippen LogP) is 1.21. The van der Waals surface area contributed by atoms with Crippen LogP contribution in [0, 0.1) is 10.1 Å². The molecule has 94 valence electrons. The van der Waals surface area contributed by atoms with Gasteiger partial charge in [0.25, 0.3) is 0 Å². The predicted molar refractivity (Wildman–Crippen MR) is 63.4 cm³/mol. The van der Waals surface area contributed by atoms with Crippen molar-refractivity contribution in [2.24, 2.45) is 0 Å². The van der Waals surface area contributed by atoms with Gasteiger partial charge in [0, 0.05) is 30.9 Å². The van der Waals surface area contributed by atoms with Crippen molar-refractivity contribution in [3.8, 4) is 0 Å². The number of hydrogen-bond donors (Lipinski definition) is 1. The highest BCUT2D eigenvalue weighted by atomic mass is 16.6. The van der Waals surface area contributed by atoms with Crippen LogP contribution >= 0.6 is 0 Å². The minimum atomic E-state index is -0.940. The van der Waals surface area contributed by atoms with Crippen molar-refractivity contribution in [2.75, 3.05) is 18.0 Å². The van der Waals surface area contributed by atoms with Crippen molar-refractivity contribution >= 4 is 17.5 Å². The Labute approximate surface area is 103 Å². The Kier molecular flexibility index (Phi) is 3.22. The van der Waals surface area contributed by atoms with Gasteiger partial charge in [-0.2, -0.15) is 0 Å². The van der Waals surface area contributed by atoms with Crippen molar-refractivity contribution in [2.45, 2.75) is 6.42 Å². The molecule has 0 fully saturated rings. The van der Waals surface area contributed by atoms with Crippen molar-refractivity contribution in [1.29, 1.82) is 0 Å². The third-order valence-corrected chi connectivity index (χ3v) is 2.75. The lowest BCUT2D eigenvalue weighted by atomic mass is 10.1. The third-order valence-electron chi connectivity index (χ3n) is 2.75. The van der Waals surface area contributed by atoms with Gasteiger partial charge in [0.1, 0.15) is 0 Å². The maximum absolute atomic E-state index is 10.9. The summed E-state index contributed by atoms with van der Waals surface area (Å²) in [5.74, 6) is -0.659. The van der Waals surface area contributed by atoms with Gasteiger partial charge in [-0.25, -0.2) is 9.78 Å². The second-order valence-electron chi connectivity index (χ2n) is 3.83. The molecule has 1 aromatic heterocycles. The lowest BCUT2D eigenvalue weighted by Crippen LogP contribution is -2.31. The minimum Gasteiger partial charge on any atom is -0.478 e. The number of nitro groups is 1. The van der Waals surface area contributed by atoms with E-state index in [9.17, 15) is 14.9 Å². The SMILES string of the molecule is O=C(O)C1=CCN(c2ncccc2[N+](=O)[O-])CC1. The van der Waals surface area contributed by atoms with Gasteiger partial charge in [0.2, 0.25) is 5.82 Å². The summed E-state index contributed by atoms with van der Waals surface area (Å²) < 4.78 is 0. The Balaban J connectivity index is 2.25. The number of aliphatic carboxylic acids is 1. The average Bonchev–Trinajstić information content (AvgIpc) is 2.39. The topological polar surface area (TPSA) is 96.6 Å². The first-order valence-corrected chi connectivity index (χ1v) is 5.36. The molecule has 0 saturated heterocycles. The van der Waals surface area contributed by atoms with Crippen LogP contribution in [0.25, 0.3) is 0 Å². The summed E-state index contributed by atoms with van der Waals surface area (Å²) in [7, 11) is 0. The number of pyridine rings is 1. The Morgan fingerprint density at radius 2 is 2.33 bits per heavy atom. The van der Waals surface area contributed by atoms with Gasteiger partial charge in [0.15, 0.2) is 0 Å². The highest BCUT2D eigenvalue weighted by Crippen LogP contribution is 2.27. The van der Waals surface area contributed by atoms with E-state index in [-0.39, 0.29) is 11.5 Å². The third kappa shape index (κ3) is 2.29. The molecule has 0 unspecified atom stereocenters. The normalized spacial score (nSPS) is 15.1. The van der Waals surface area contributed by atoms with Crippen LogP contribution in [0.4, 0.5) is 11.5 Å². The lowest BCUT2D eigenvalue weighted by Gasteiger charge is -2.25. The van der Waals surface area contributed by atoms with Crippen LogP contribution in [0.2, 0.25) is 0 Å². The second kappa shape index (κ2) is 4.82. The number of rotatable bonds is 3. The lowest BCUT2D eigenvalue weighted by molar-refractivity contribution is -0.384. The maximum atomic E-state index is 10.9. The fraction of sp³-hybridized carbons (Fsp3) is 0.273. The molecule has 2 heterocycles. The van der Waals surface area contributed by atoms with Gasteiger partial charge in [0.05, 0.1) is 4.92 Å². The first kappa shape index (κ1) is 12.0. The highest BCUT2D eigenvalue weighted by molar-refractivity contribution is 5.87. The quantitative estimate of drug-likeness (QED) is 0.638. The monoisotopic (exact) mass is 249 g/mol. The van der Waals surface area contributed by atoms with E-state index in [1.807, 2.05) is 0 Å². The van der Waals surface area contributed by atoms with Crippen molar-refractivity contribution < 1.29 is 14.8 Å². The number of aromatic nitrogens is 1. The highest BCUT2D eigenvalue weighted by Gasteiger charge is 2.23. The first-order chi connectivity index (χ1) is 8.59. The Bertz CT molecular complexity index is 527. The maximum Gasteiger partial charge on any atom is 0.331 e. The van der Waals surface area contributed by atoms with E-state index in [4.69, 9.17) is 5.11 Å². The molecule has 7 heteroatoms. The molecule has 0 bridgehead atoms. The zero-order valence-corrected chi connectivity index (χ0v) is 9.44. The van der Waals surface area contributed by atoms with Gasteiger partial charge in [-0.05, 0) is 12.5 Å². The number of hydrogen-bond acceptors (Lipinski definition) is 5. The fourth-order valence-corrected chi connectivity index (χ4v) is 1.83. The molecule has 0 aliphatic carbocycles. The Morgan fingerprint density at radius 1 is 1.56 bits per heavy atom.